The molecular formula is C14H22N2O2. The van der Waals surface area contributed by atoms with E-state index in [2.05, 4.69) is 12.2 Å². The number of amides is 1. The second kappa shape index (κ2) is 7.01. The highest BCUT2D eigenvalue weighted by molar-refractivity contribution is 5.94. The lowest BCUT2D eigenvalue weighted by atomic mass is 10.2. The number of carbonyl (C=O) groups is 1. The van der Waals surface area contributed by atoms with E-state index in [1.165, 1.54) is 0 Å². The molecule has 0 saturated heterocycles. The number of ether oxygens (including phenoxy) is 1. The molecular weight excluding hydrogens is 228 g/mol. The van der Waals surface area contributed by atoms with Crippen molar-refractivity contribution in [2.75, 3.05) is 5.32 Å². The Morgan fingerprint density at radius 2 is 2.11 bits per heavy atom. The van der Waals surface area contributed by atoms with Crippen LogP contribution in [0.25, 0.3) is 0 Å². The molecule has 2 unspecified atom stereocenters. The maximum Gasteiger partial charge on any atom is 0.241 e. The Hall–Kier alpha value is -1.55. The van der Waals surface area contributed by atoms with E-state index in [0.29, 0.717) is 12.1 Å². The van der Waals surface area contributed by atoms with Crippen LogP contribution in [-0.4, -0.2) is 18.1 Å². The first-order valence-corrected chi connectivity index (χ1v) is 6.40. The smallest absolute Gasteiger partial charge is 0.241 e. The molecule has 0 saturated carbocycles. The summed E-state index contributed by atoms with van der Waals surface area (Å²) in [4.78, 5) is 11.7. The molecule has 4 nitrogen and oxygen atoms in total. The van der Waals surface area contributed by atoms with Gasteiger partial charge in [-0.2, -0.15) is 0 Å². The van der Waals surface area contributed by atoms with Gasteiger partial charge >= 0.3 is 0 Å². The van der Waals surface area contributed by atoms with Crippen LogP contribution >= 0.6 is 0 Å². The second-order valence-electron chi connectivity index (χ2n) is 4.37. The fourth-order valence-corrected chi connectivity index (χ4v) is 1.38. The first kappa shape index (κ1) is 14.5. The highest BCUT2D eigenvalue weighted by Gasteiger charge is 2.11. The van der Waals surface area contributed by atoms with Gasteiger partial charge in [0.2, 0.25) is 5.91 Å². The van der Waals surface area contributed by atoms with Crippen molar-refractivity contribution in [3.8, 4) is 5.75 Å². The van der Waals surface area contributed by atoms with E-state index in [4.69, 9.17) is 10.5 Å². The van der Waals surface area contributed by atoms with Gasteiger partial charge in [0.1, 0.15) is 5.75 Å². The van der Waals surface area contributed by atoms with Gasteiger partial charge in [0.15, 0.2) is 0 Å². The van der Waals surface area contributed by atoms with E-state index in [1.807, 2.05) is 38.1 Å². The molecule has 18 heavy (non-hydrogen) atoms. The summed E-state index contributed by atoms with van der Waals surface area (Å²) < 4.78 is 5.69. The normalized spacial score (nSPS) is 13.8. The third-order valence-electron chi connectivity index (χ3n) is 2.79. The summed E-state index contributed by atoms with van der Waals surface area (Å²) in [5.74, 6) is 0.588. The first-order chi connectivity index (χ1) is 8.56. The Bertz CT molecular complexity index is 393. The molecule has 0 spiro atoms. The van der Waals surface area contributed by atoms with Gasteiger partial charge in [0, 0.05) is 11.8 Å². The molecule has 3 N–H and O–H groups in total. The lowest BCUT2D eigenvalue weighted by Crippen LogP contribution is -2.34. The summed E-state index contributed by atoms with van der Waals surface area (Å²) in [6.07, 6.45) is 1.72. The SMILES string of the molecule is CCC(C)Oc1cccc(NC(=O)C(N)CC)c1. The van der Waals surface area contributed by atoms with Gasteiger partial charge in [-0.1, -0.05) is 19.9 Å². The topological polar surface area (TPSA) is 64.3 Å². The van der Waals surface area contributed by atoms with E-state index in [0.717, 1.165) is 12.2 Å². The highest BCUT2D eigenvalue weighted by atomic mass is 16.5. The molecule has 1 aromatic carbocycles. The number of benzene rings is 1. The zero-order chi connectivity index (χ0) is 13.5. The third kappa shape index (κ3) is 4.37. The minimum atomic E-state index is -0.468. The average Bonchev–Trinajstić information content (AvgIpc) is 2.37. The molecule has 0 radical (unpaired) electrons. The third-order valence-corrected chi connectivity index (χ3v) is 2.79. The Balaban J connectivity index is 2.67. The molecule has 0 fully saturated rings. The molecule has 0 aromatic heterocycles. The molecule has 0 aliphatic carbocycles. The molecule has 1 aromatic rings. The van der Waals surface area contributed by atoms with E-state index in [-0.39, 0.29) is 12.0 Å². The summed E-state index contributed by atoms with van der Waals surface area (Å²) in [5.41, 5.74) is 6.37. The molecule has 0 aliphatic rings. The number of nitrogens with two attached hydrogens (primary N) is 1. The van der Waals surface area contributed by atoms with Gasteiger partial charge in [-0.3, -0.25) is 4.79 Å². The Labute approximate surface area is 109 Å². The highest BCUT2D eigenvalue weighted by Crippen LogP contribution is 2.19. The van der Waals surface area contributed by atoms with Gasteiger partial charge in [-0.05, 0) is 31.9 Å². The predicted molar refractivity (Wildman–Crippen MR) is 73.7 cm³/mol. The van der Waals surface area contributed by atoms with Crippen LogP contribution in [0.5, 0.6) is 5.75 Å². The van der Waals surface area contributed by atoms with Crippen LogP contribution in [0.1, 0.15) is 33.6 Å². The van der Waals surface area contributed by atoms with Crippen molar-refractivity contribution in [2.24, 2.45) is 5.73 Å². The van der Waals surface area contributed by atoms with Gasteiger partial charge < -0.3 is 15.8 Å². The Morgan fingerprint density at radius 1 is 1.39 bits per heavy atom. The molecule has 0 heterocycles. The molecule has 4 heteroatoms. The van der Waals surface area contributed by atoms with Crippen LogP contribution in [0, 0.1) is 0 Å². The number of hydrogen-bond acceptors (Lipinski definition) is 3. The van der Waals surface area contributed by atoms with Gasteiger partial charge in [-0.15, -0.1) is 0 Å². The summed E-state index contributed by atoms with van der Waals surface area (Å²) in [6.45, 7) is 5.96. The van der Waals surface area contributed by atoms with E-state index in [9.17, 15) is 4.79 Å². The second-order valence-corrected chi connectivity index (χ2v) is 4.37. The first-order valence-electron chi connectivity index (χ1n) is 6.40. The molecule has 1 amide bonds. The van der Waals surface area contributed by atoms with Crippen LogP contribution in [0.2, 0.25) is 0 Å². The minimum absolute atomic E-state index is 0.161. The van der Waals surface area contributed by atoms with Crippen molar-refractivity contribution in [3.63, 3.8) is 0 Å². The lowest BCUT2D eigenvalue weighted by molar-refractivity contribution is -0.117. The van der Waals surface area contributed by atoms with E-state index in [1.54, 1.807) is 0 Å². The molecule has 100 valence electrons. The van der Waals surface area contributed by atoms with Crippen LogP contribution in [0.4, 0.5) is 5.69 Å². The monoisotopic (exact) mass is 250 g/mol. The van der Waals surface area contributed by atoms with Gasteiger partial charge in [0.25, 0.3) is 0 Å². The lowest BCUT2D eigenvalue weighted by Gasteiger charge is -2.14. The standard InChI is InChI=1S/C14H22N2O2/c1-4-10(3)18-12-8-6-7-11(9-12)16-14(17)13(15)5-2/h6-10,13H,4-5,15H2,1-3H3,(H,16,17). The fourth-order valence-electron chi connectivity index (χ4n) is 1.38. The van der Waals surface area contributed by atoms with Crippen LogP contribution in [0.15, 0.2) is 24.3 Å². The van der Waals surface area contributed by atoms with Gasteiger partial charge in [0.05, 0.1) is 12.1 Å². The summed E-state index contributed by atoms with van der Waals surface area (Å²) in [6, 6.07) is 6.90. The number of nitrogens with one attached hydrogen (secondary N) is 1. The zero-order valence-electron chi connectivity index (χ0n) is 11.3. The van der Waals surface area contributed by atoms with Crippen molar-refractivity contribution in [3.05, 3.63) is 24.3 Å². The van der Waals surface area contributed by atoms with Crippen LogP contribution in [0.3, 0.4) is 0 Å². The summed E-state index contributed by atoms with van der Waals surface area (Å²) >= 11 is 0. The van der Waals surface area contributed by atoms with Crippen molar-refractivity contribution < 1.29 is 9.53 Å². The molecule has 2 atom stereocenters. The van der Waals surface area contributed by atoms with Crippen molar-refractivity contribution in [1.82, 2.24) is 0 Å². The summed E-state index contributed by atoms with van der Waals surface area (Å²) in [5, 5.41) is 2.78. The number of hydrogen-bond donors (Lipinski definition) is 2. The largest absolute Gasteiger partial charge is 0.491 e. The van der Waals surface area contributed by atoms with Gasteiger partial charge in [-0.25, -0.2) is 0 Å². The van der Waals surface area contributed by atoms with Crippen LogP contribution < -0.4 is 15.8 Å². The summed E-state index contributed by atoms with van der Waals surface area (Å²) in [7, 11) is 0. The fraction of sp³-hybridized carbons (Fsp3) is 0.500. The quantitative estimate of drug-likeness (QED) is 0.815. The predicted octanol–water partition coefficient (Wildman–Crippen LogP) is 2.54. The van der Waals surface area contributed by atoms with Crippen molar-refractivity contribution in [1.29, 1.82) is 0 Å². The maximum absolute atomic E-state index is 11.7. The van der Waals surface area contributed by atoms with Crippen LogP contribution in [-0.2, 0) is 4.79 Å². The molecule has 0 aliphatic heterocycles. The molecule has 1 rings (SSSR count). The zero-order valence-corrected chi connectivity index (χ0v) is 11.3. The Morgan fingerprint density at radius 3 is 2.72 bits per heavy atom. The number of anilines is 1. The minimum Gasteiger partial charge on any atom is -0.491 e. The van der Waals surface area contributed by atoms with E-state index < -0.39 is 6.04 Å². The number of rotatable bonds is 6. The molecule has 0 bridgehead atoms. The average molecular weight is 250 g/mol. The Kier molecular flexibility index (Phi) is 5.65. The maximum atomic E-state index is 11.7. The van der Waals surface area contributed by atoms with E-state index >= 15 is 0 Å². The van der Waals surface area contributed by atoms with Crippen molar-refractivity contribution >= 4 is 11.6 Å². The van der Waals surface area contributed by atoms with Crippen molar-refractivity contribution in [2.45, 2.75) is 45.8 Å². The number of carbonyl (C=O) groups excluding carboxylic acids is 1.